The summed E-state index contributed by atoms with van der Waals surface area (Å²) in [6.07, 6.45) is 0.168. The first-order valence-electron chi connectivity index (χ1n) is 22.9. The summed E-state index contributed by atoms with van der Waals surface area (Å²) in [6, 6.07) is 16.0. The second kappa shape index (κ2) is 27.1. The van der Waals surface area contributed by atoms with Gasteiger partial charge in [-0.05, 0) is 66.8 Å². The maximum Gasteiger partial charge on any atom is 0.326 e. The van der Waals surface area contributed by atoms with Gasteiger partial charge in [0.25, 0.3) is 5.91 Å². The number of guanidine groups is 2. The molecule has 0 aromatic heterocycles. The molecule has 0 aliphatic carbocycles. The molecule has 16 N–H and O–H groups in total. The predicted molar refractivity (Wildman–Crippen MR) is 261 cm³/mol. The molecule has 3 aromatic rings. The van der Waals surface area contributed by atoms with E-state index in [9.17, 15) is 43.5 Å². The number of carboxylic acids is 1. The van der Waals surface area contributed by atoms with Gasteiger partial charge in [-0.25, -0.2) is 9.79 Å². The maximum atomic E-state index is 14.3. The number of carboxylic acid groups (broad SMARTS) is 1. The second-order valence-electron chi connectivity index (χ2n) is 17.4. The summed E-state index contributed by atoms with van der Waals surface area (Å²) in [5, 5.41) is 23.3. The lowest BCUT2D eigenvalue weighted by atomic mass is 10.0. The molecule has 1 fully saturated rings. The summed E-state index contributed by atoms with van der Waals surface area (Å²) < 4.78 is 0. The third kappa shape index (κ3) is 17.9. The van der Waals surface area contributed by atoms with Crippen LogP contribution in [0.5, 0.6) is 0 Å². The smallest absolute Gasteiger partial charge is 0.326 e. The minimum absolute atomic E-state index is 0.0181. The fraction of sp³-hybridized carbons (Fsp3) is 0.417. The van der Waals surface area contributed by atoms with Gasteiger partial charge in [-0.1, -0.05) is 86.6 Å². The molecular formula is C48H65N13O9. The molecule has 0 radical (unpaired) electrons. The fourth-order valence-electron chi connectivity index (χ4n) is 7.76. The number of nitrogens with two attached hydrogens (primary N) is 5. The zero-order valence-corrected chi connectivity index (χ0v) is 39.3. The van der Waals surface area contributed by atoms with Crippen LogP contribution in [-0.4, -0.2) is 119 Å². The maximum absolute atomic E-state index is 14.3. The molecule has 376 valence electrons. The Morgan fingerprint density at radius 3 is 1.74 bits per heavy atom. The molecule has 4 rings (SSSR count). The zero-order valence-electron chi connectivity index (χ0n) is 39.3. The van der Waals surface area contributed by atoms with E-state index in [1.165, 1.54) is 17.0 Å². The predicted octanol–water partition coefficient (Wildman–Crippen LogP) is -0.966. The van der Waals surface area contributed by atoms with Gasteiger partial charge in [0, 0.05) is 31.5 Å². The van der Waals surface area contributed by atoms with E-state index in [1.807, 2.05) is 0 Å². The Hall–Kier alpha value is -8.04. The summed E-state index contributed by atoms with van der Waals surface area (Å²) in [5.41, 5.74) is 29.7. The van der Waals surface area contributed by atoms with Crippen molar-refractivity contribution in [1.82, 2.24) is 31.5 Å². The average Bonchev–Trinajstić information content (AvgIpc) is 3.81. The third-order valence-electron chi connectivity index (χ3n) is 11.2. The van der Waals surface area contributed by atoms with Gasteiger partial charge >= 0.3 is 5.97 Å². The fourth-order valence-corrected chi connectivity index (χ4v) is 7.76. The average molecular weight is 968 g/mol. The van der Waals surface area contributed by atoms with Crippen LogP contribution in [-0.2, 0) is 52.9 Å². The molecule has 1 saturated heterocycles. The van der Waals surface area contributed by atoms with Crippen LogP contribution in [0.1, 0.15) is 79.4 Å². The standard InChI is InChI=1S/C48H65N13O9/c1-28(2)23-34(57-41(64)33(15-9-21-54-47(50)51)56-40(63)32-19-17-31(18-20-32)27-55-48(52)53)42(65)59-36(26-39(49)62)45(68)61-22-10-16-38(61)44(67)58-35(24-29-11-5-3-6-12-29)43(66)60-37(46(69)70)25-30-13-7-4-8-14-30/h3-8,11-14,17-20,28,33-38H,9-10,15-16,21-27H2,1-2H3,(H2,49,62)(H,56,63)(H,57,64)(H,58,67)(H,59,65)(H,60,66)(H,69,70)(H4,50,51,54)(H4,52,53,55)/t33-,34-,35+,36-,37-,38+/m0/s1. The van der Waals surface area contributed by atoms with E-state index in [2.05, 4.69) is 36.6 Å². The number of nitrogens with zero attached hydrogens (tertiary/aromatic N) is 3. The molecule has 7 amide bonds. The quantitative estimate of drug-likeness (QED) is 0.0263. The number of nitrogens with one attached hydrogen (secondary N) is 5. The van der Waals surface area contributed by atoms with E-state index >= 15 is 0 Å². The molecule has 0 spiro atoms. The van der Waals surface area contributed by atoms with Crippen molar-refractivity contribution in [3.63, 3.8) is 0 Å². The van der Waals surface area contributed by atoms with Crippen molar-refractivity contribution in [2.45, 2.75) is 108 Å². The molecule has 0 unspecified atom stereocenters. The van der Waals surface area contributed by atoms with Crippen LogP contribution in [0.25, 0.3) is 0 Å². The number of primary amides is 1. The van der Waals surface area contributed by atoms with E-state index in [4.69, 9.17) is 28.7 Å². The summed E-state index contributed by atoms with van der Waals surface area (Å²) in [4.78, 5) is 118. The molecular weight excluding hydrogens is 903 g/mol. The normalized spacial score (nSPS) is 15.2. The number of carbonyl (C=O) groups is 8. The number of hydrogen-bond acceptors (Lipinski definition) is 10. The molecule has 22 heteroatoms. The van der Waals surface area contributed by atoms with Crippen LogP contribution in [0.4, 0.5) is 0 Å². The Kier molecular flexibility index (Phi) is 21.1. The van der Waals surface area contributed by atoms with Gasteiger partial charge < -0.3 is 65.3 Å². The van der Waals surface area contributed by atoms with Crippen molar-refractivity contribution >= 4 is 59.2 Å². The van der Waals surface area contributed by atoms with Crippen molar-refractivity contribution < 1.29 is 43.5 Å². The van der Waals surface area contributed by atoms with E-state index in [0.717, 1.165) is 5.56 Å². The summed E-state index contributed by atoms with van der Waals surface area (Å²) in [7, 11) is 0. The largest absolute Gasteiger partial charge is 0.480 e. The van der Waals surface area contributed by atoms with Gasteiger partial charge in [0.05, 0.1) is 13.0 Å². The number of carbonyl (C=O) groups excluding carboxylic acids is 7. The Labute approximate surface area is 406 Å². The first kappa shape index (κ1) is 54.6. The van der Waals surface area contributed by atoms with Gasteiger partial charge in [0.15, 0.2) is 11.9 Å². The summed E-state index contributed by atoms with van der Waals surface area (Å²) in [6.45, 7) is 3.96. The van der Waals surface area contributed by atoms with Gasteiger partial charge in [0.2, 0.25) is 35.4 Å². The highest BCUT2D eigenvalue weighted by atomic mass is 16.4. The highest BCUT2D eigenvalue weighted by Crippen LogP contribution is 2.21. The van der Waals surface area contributed by atoms with Crippen molar-refractivity contribution in [3.05, 3.63) is 107 Å². The minimum Gasteiger partial charge on any atom is -0.480 e. The van der Waals surface area contributed by atoms with Crippen LogP contribution in [0.2, 0.25) is 0 Å². The molecule has 1 heterocycles. The molecule has 70 heavy (non-hydrogen) atoms. The zero-order chi connectivity index (χ0) is 51.3. The summed E-state index contributed by atoms with van der Waals surface area (Å²) >= 11 is 0. The highest BCUT2D eigenvalue weighted by molar-refractivity contribution is 6.00. The topological polar surface area (TPSA) is 375 Å². The van der Waals surface area contributed by atoms with E-state index in [1.54, 1.807) is 86.6 Å². The lowest BCUT2D eigenvalue weighted by Crippen LogP contribution is -2.60. The van der Waals surface area contributed by atoms with Crippen LogP contribution in [0.15, 0.2) is 94.9 Å². The van der Waals surface area contributed by atoms with Gasteiger partial charge in [-0.15, -0.1) is 0 Å². The lowest BCUT2D eigenvalue weighted by molar-refractivity contribution is -0.144. The molecule has 3 aromatic carbocycles. The Bertz CT molecular complexity index is 2340. The number of aliphatic carboxylic acids is 1. The Morgan fingerprint density at radius 1 is 0.643 bits per heavy atom. The Balaban J connectivity index is 1.52. The first-order chi connectivity index (χ1) is 33.3. The molecule has 0 bridgehead atoms. The summed E-state index contributed by atoms with van der Waals surface area (Å²) in [5.74, 6) is -7.15. The minimum atomic E-state index is -1.58. The van der Waals surface area contributed by atoms with Crippen molar-refractivity contribution in [3.8, 4) is 0 Å². The number of amides is 7. The Morgan fingerprint density at radius 2 is 1.19 bits per heavy atom. The molecule has 6 atom stereocenters. The van der Waals surface area contributed by atoms with E-state index in [-0.39, 0.29) is 81.6 Å². The SMILES string of the molecule is CC(C)C[C@H](NC(=O)[C@H](CCCN=C(N)N)NC(=O)c1ccc(CN=C(N)N)cc1)C(=O)N[C@@H](CC(N)=O)C(=O)N1CCC[C@@H]1C(=O)N[C@H](Cc1ccccc1)C(=O)N[C@@H](Cc1ccccc1)C(=O)O. The van der Waals surface area contributed by atoms with Crippen LogP contribution < -0.4 is 55.3 Å². The highest BCUT2D eigenvalue weighted by Gasteiger charge is 2.40. The van der Waals surface area contributed by atoms with Crippen LogP contribution >= 0.6 is 0 Å². The number of rotatable bonds is 26. The van der Waals surface area contributed by atoms with Gasteiger partial charge in [-0.2, -0.15) is 0 Å². The number of aliphatic imine (C=N–C) groups is 2. The molecule has 1 aliphatic heterocycles. The van der Waals surface area contributed by atoms with Gasteiger partial charge in [0.1, 0.15) is 36.3 Å². The van der Waals surface area contributed by atoms with Crippen LogP contribution in [0, 0.1) is 5.92 Å². The molecule has 0 saturated carbocycles. The van der Waals surface area contributed by atoms with E-state index in [0.29, 0.717) is 17.5 Å². The van der Waals surface area contributed by atoms with Crippen molar-refractivity contribution in [2.24, 2.45) is 44.6 Å². The van der Waals surface area contributed by atoms with Crippen molar-refractivity contribution in [1.29, 1.82) is 0 Å². The van der Waals surface area contributed by atoms with E-state index < -0.39 is 90.0 Å². The number of hydrogen-bond donors (Lipinski definition) is 11. The molecule has 1 aliphatic rings. The lowest BCUT2D eigenvalue weighted by Gasteiger charge is -2.31. The monoisotopic (exact) mass is 968 g/mol. The number of benzene rings is 3. The first-order valence-corrected chi connectivity index (χ1v) is 22.9. The van der Waals surface area contributed by atoms with Crippen LogP contribution in [0.3, 0.4) is 0 Å². The second-order valence-corrected chi connectivity index (χ2v) is 17.4. The third-order valence-corrected chi connectivity index (χ3v) is 11.2. The van der Waals surface area contributed by atoms with Crippen molar-refractivity contribution in [2.75, 3.05) is 13.1 Å². The molecule has 22 nitrogen and oxygen atoms in total. The number of likely N-dealkylation sites (tertiary alicyclic amines) is 1. The van der Waals surface area contributed by atoms with Gasteiger partial charge in [-0.3, -0.25) is 38.6 Å².